The van der Waals surface area contributed by atoms with E-state index in [2.05, 4.69) is 0 Å². The van der Waals surface area contributed by atoms with E-state index in [1.165, 1.54) is 0 Å². The quantitative estimate of drug-likeness (QED) is 0.357. The summed E-state index contributed by atoms with van der Waals surface area (Å²) >= 11 is 0. The third-order valence-corrected chi connectivity index (χ3v) is 2.63. The first-order valence-electron chi connectivity index (χ1n) is 8.70. The monoisotopic (exact) mass is 479 g/mol. The van der Waals surface area contributed by atoms with Crippen molar-refractivity contribution in [2.45, 2.75) is 78.6 Å². The van der Waals surface area contributed by atoms with Gasteiger partial charge in [0.1, 0.15) is 36.6 Å². The maximum Gasteiger partial charge on any atom is 0.310 e. The predicted octanol–water partition coefficient (Wildman–Crippen LogP) is 2.49. The molecule has 0 heterocycles. The number of carbonyl (C=O) groups is 6. The summed E-state index contributed by atoms with van der Waals surface area (Å²) in [6, 6.07) is 0. The van der Waals surface area contributed by atoms with Gasteiger partial charge in [0, 0.05) is 52.0 Å². The molecule has 10 heteroatoms. The molecule has 0 aliphatic rings. The fraction of sp³-hybridized carbons (Fsp3) is 0.667. The van der Waals surface area contributed by atoms with Crippen LogP contribution in [0.25, 0.3) is 0 Å². The molecule has 1 radical (unpaired) electrons. The first kappa shape index (κ1) is 34.1. The number of ketones is 3. The van der Waals surface area contributed by atoms with Crippen molar-refractivity contribution in [1.29, 1.82) is 0 Å². The smallest absolute Gasteiger partial charge is 0.310 e. The minimum Gasteiger partial charge on any atom is -0.481 e. The van der Waals surface area contributed by atoms with Crippen molar-refractivity contribution in [2.24, 2.45) is 0 Å². The Labute approximate surface area is 190 Å². The van der Waals surface area contributed by atoms with Gasteiger partial charge in [0.15, 0.2) is 0 Å². The molecule has 0 aliphatic heterocycles. The van der Waals surface area contributed by atoms with Gasteiger partial charge in [-0.2, -0.15) is 0 Å². The van der Waals surface area contributed by atoms with Gasteiger partial charge in [-0.1, -0.05) is 20.8 Å². The second-order valence-electron chi connectivity index (χ2n) is 5.58. The van der Waals surface area contributed by atoms with E-state index in [-0.39, 0.29) is 69.3 Å². The molecule has 0 saturated carbocycles. The number of aliphatic carboxylic acids is 3. The van der Waals surface area contributed by atoms with Crippen LogP contribution >= 0.6 is 0 Å². The van der Waals surface area contributed by atoms with Crippen LogP contribution in [0.4, 0.5) is 0 Å². The SMILES string of the molecule is CCCC(=O)CC(=O)O.CCCC(=O)CC(=O)O.CCCC(=O)CC(=O)O.[Y]. The maximum absolute atomic E-state index is 10.5. The Morgan fingerprint density at radius 1 is 0.500 bits per heavy atom. The van der Waals surface area contributed by atoms with Crippen molar-refractivity contribution in [1.82, 2.24) is 0 Å². The summed E-state index contributed by atoms with van der Waals surface area (Å²) in [5, 5.41) is 24.3. The Bertz CT molecular complexity index is 430. The third-order valence-electron chi connectivity index (χ3n) is 2.63. The molecule has 0 rings (SSSR count). The fourth-order valence-electron chi connectivity index (χ4n) is 1.61. The zero-order valence-corrected chi connectivity index (χ0v) is 19.6. The summed E-state index contributed by atoms with van der Waals surface area (Å²) in [6.45, 7) is 5.54. The van der Waals surface area contributed by atoms with Crippen molar-refractivity contribution >= 4 is 35.3 Å². The number of hydrogen-bond acceptors (Lipinski definition) is 6. The molecule has 0 aromatic rings. The van der Waals surface area contributed by atoms with E-state index in [4.69, 9.17) is 15.3 Å². The van der Waals surface area contributed by atoms with Crippen LogP contribution in [0.3, 0.4) is 0 Å². The van der Waals surface area contributed by atoms with Crippen molar-refractivity contribution in [3.63, 3.8) is 0 Å². The van der Waals surface area contributed by atoms with Crippen LogP contribution in [0, 0.1) is 0 Å². The zero-order valence-electron chi connectivity index (χ0n) is 16.7. The van der Waals surface area contributed by atoms with Crippen molar-refractivity contribution in [3.8, 4) is 0 Å². The molecule has 0 aromatic carbocycles. The van der Waals surface area contributed by atoms with Crippen molar-refractivity contribution < 1.29 is 76.8 Å². The van der Waals surface area contributed by atoms with Crippen molar-refractivity contribution in [3.05, 3.63) is 0 Å². The van der Waals surface area contributed by atoms with E-state index in [1.807, 2.05) is 20.8 Å². The summed E-state index contributed by atoms with van der Waals surface area (Å²) in [5.74, 6) is -3.67. The van der Waals surface area contributed by atoms with E-state index in [0.29, 0.717) is 19.3 Å². The van der Waals surface area contributed by atoms with E-state index in [9.17, 15) is 28.8 Å². The fourth-order valence-corrected chi connectivity index (χ4v) is 1.61. The van der Waals surface area contributed by atoms with Crippen LogP contribution in [0.2, 0.25) is 0 Å². The molecule has 159 valence electrons. The number of Topliss-reactive ketones (excluding diaryl/α,β-unsaturated/α-hetero) is 3. The molecule has 3 N–H and O–H groups in total. The summed E-state index contributed by atoms with van der Waals surface area (Å²) in [7, 11) is 0. The predicted molar refractivity (Wildman–Crippen MR) is 96.5 cm³/mol. The Hall–Kier alpha value is -1.48. The molecule has 0 aromatic heterocycles. The number of carbonyl (C=O) groups excluding carboxylic acids is 3. The Balaban J connectivity index is -0.000000152. The van der Waals surface area contributed by atoms with Gasteiger partial charge in [0.05, 0.1) is 0 Å². The van der Waals surface area contributed by atoms with Gasteiger partial charge in [-0.3, -0.25) is 28.8 Å². The minimum absolute atomic E-state index is 0. The first-order chi connectivity index (χ1) is 12.5. The molecule has 0 atom stereocenters. The van der Waals surface area contributed by atoms with Crippen LogP contribution in [0.15, 0.2) is 0 Å². The van der Waals surface area contributed by atoms with Crippen LogP contribution in [-0.4, -0.2) is 50.6 Å². The largest absolute Gasteiger partial charge is 0.481 e. The van der Waals surface area contributed by atoms with Crippen LogP contribution < -0.4 is 0 Å². The summed E-state index contributed by atoms with van der Waals surface area (Å²) < 4.78 is 0. The van der Waals surface area contributed by atoms with Gasteiger partial charge in [-0.15, -0.1) is 0 Å². The van der Waals surface area contributed by atoms with Crippen LogP contribution in [0.5, 0.6) is 0 Å². The number of hydrogen-bond donors (Lipinski definition) is 3. The van der Waals surface area contributed by atoms with Gasteiger partial charge >= 0.3 is 17.9 Å². The Kier molecular flexibility index (Phi) is 28.7. The molecule has 28 heavy (non-hydrogen) atoms. The molecule has 0 aliphatic carbocycles. The normalized spacial score (nSPS) is 8.68. The van der Waals surface area contributed by atoms with Gasteiger partial charge in [0.25, 0.3) is 0 Å². The maximum atomic E-state index is 10.5. The standard InChI is InChI=1S/3C6H10O3.Y/c3*1-2-3-5(7)4-6(8)9;/h3*2-4H2,1H3,(H,8,9);. The van der Waals surface area contributed by atoms with Gasteiger partial charge in [-0.05, 0) is 19.3 Å². The Morgan fingerprint density at radius 2 is 0.679 bits per heavy atom. The van der Waals surface area contributed by atoms with E-state index in [0.717, 1.165) is 19.3 Å². The number of rotatable bonds is 12. The average Bonchev–Trinajstić information content (AvgIpc) is 2.46. The van der Waals surface area contributed by atoms with Gasteiger partial charge < -0.3 is 15.3 Å². The molecule has 9 nitrogen and oxygen atoms in total. The van der Waals surface area contributed by atoms with E-state index < -0.39 is 17.9 Å². The van der Waals surface area contributed by atoms with Crippen LogP contribution in [-0.2, 0) is 61.5 Å². The minimum atomic E-state index is -1.03. The Morgan fingerprint density at radius 3 is 0.786 bits per heavy atom. The van der Waals surface area contributed by atoms with Gasteiger partial charge in [-0.25, -0.2) is 0 Å². The summed E-state index contributed by atoms with van der Waals surface area (Å²) in [5.41, 5.74) is 0. The number of carboxylic acid groups (broad SMARTS) is 3. The zero-order chi connectivity index (χ0) is 21.8. The van der Waals surface area contributed by atoms with E-state index in [1.54, 1.807) is 0 Å². The first-order valence-corrected chi connectivity index (χ1v) is 8.70. The molecule has 0 bridgehead atoms. The van der Waals surface area contributed by atoms with Gasteiger partial charge in [0.2, 0.25) is 0 Å². The molecule has 0 fully saturated rings. The average molecular weight is 479 g/mol. The van der Waals surface area contributed by atoms with E-state index >= 15 is 0 Å². The molecule has 0 unspecified atom stereocenters. The van der Waals surface area contributed by atoms with Crippen molar-refractivity contribution in [2.75, 3.05) is 0 Å². The van der Waals surface area contributed by atoms with Crippen LogP contribution in [0.1, 0.15) is 78.6 Å². The molecular formula is C18H30O9Y. The summed E-state index contributed by atoms with van der Waals surface area (Å²) in [4.78, 5) is 61.0. The summed E-state index contributed by atoms with van der Waals surface area (Å²) in [6.07, 6.45) is 2.35. The molecule has 0 spiro atoms. The second-order valence-corrected chi connectivity index (χ2v) is 5.58. The molecule has 0 saturated heterocycles. The molecular weight excluding hydrogens is 449 g/mol. The topological polar surface area (TPSA) is 163 Å². The third kappa shape index (κ3) is 35.6. The number of carboxylic acids is 3. The molecule has 0 amide bonds. The second kappa shape index (κ2) is 23.6.